The second-order valence-corrected chi connectivity index (χ2v) is 4.07. The largest absolute Gasteiger partial charge is 0.349 e. The van der Waals surface area contributed by atoms with Gasteiger partial charge < -0.3 is 5.32 Å². The van der Waals surface area contributed by atoms with Crippen LogP contribution in [0.3, 0.4) is 0 Å². The molecule has 0 aliphatic heterocycles. The fraction of sp³-hybridized carbons (Fsp3) is 0.375. The van der Waals surface area contributed by atoms with Gasteiger partial charge in [0.1, 0.15) is 0 Å². The van der Waals surface area contributed by atoms with Crippen LogP contribution >= 0.6 is 11.3 Å². The number of hydrogen-bond donors (Lipinski definition) is 2. The number of tetrazole rings is 1. The summed E-state index contributed by atoms with van der Waals surface area (Å²) in [7, 11) is 0. The minimum Gasteiger partial charge on any atom is -0.349 e. The molecule has 0 radical (unpaired) electrons. The van der Waals surface area contributed by atoms with Gasteiger partial charge in [-0.15, -0.1) is 21.5 Å². The van der Waals surface area contributed by atoms with Gasteiger partial charge in [0.2, 0.25) is 0 Å². The number of carbonyl (C=O) groups is 1. The van der Waals surface area contributed by atoms with Crippen molar-refractivity contribution >= 4 is 17.2 Å². The van der Waals surface area contributed by atoms with E-state index in [2.05, 4.69) is 30.9 Å². The topological polar surface area (TPSA) is 96.5 Å². The molecule has 84 valence electrons. The molecule has 7 nitrogen and oxygen atoms in total. The molecular formula is C8H10N6OS. The molecule has 0 aromatic carbocycles. The van der Waals surface area contributed by atoms with E-state index in [1.165, 1.54) is 0 Å². The molecule has 0 unspecified atom stereocenters. The highest BCUT2D eigenvalue weighted by atomic mass is 32.1. The number of aromatic nitrogens is 5. The van der Waals surface area contributed by atoms with Gasteiger partial charge in [-0.25, -0.2) is 4.98 Å². The zero-order chi connectivity index (χ0) is 11.4. The third-order valence-corrected chi connectivity index (χ3v) is 2.87. The first-order valence-electron chi connectivity index (χ1n) is 4.68. The molecule has 0 fully saturated rings. The van der Waals surface area contributed by atoms with E-state index in [0.717, 1.165) is 10.7 Å². The van der Waals surface area contributed by atoms with Crippen molar-refractivity contribution in [2.45, 2.75) is 13.3 Å². The van der Waals surface area contributed by atoms with E-state index in [9.17, 15) is 4.79 Å². The number of nitrogens with zero attached hydrogens (tertiary/aromatic N) is 4. The maximum atomic E-state index is 11.4. The van der Waals surface area contributed by atoms with Crippen LogP contribution in [0.15, 0.2) is 5.38 Å². The molecule has 2 heterocycles. The van der Waals surface area contributed by atoms with E-state index in [0.29, 0.717) is 13.0 Å². The van der Waals surface area contributed by atoms with Crippen molar-refractivity contribution < 1.29 is 4.79 Å². The number of aryl methyl sites for hydroxylation is 1. The number of hydrogen-bond acceptors (Lipinski definition) is 6. The Morgan fingerprint density at radius 1 is 1.62 bits per heavy atom. The SMILES string of the molecule is Cc1csc(CCNC(=O)c2nn[nH]n2)n1. The molecule has 0 spiro atoms. The van der Waals surface area contributed by atoms with Crippen LogP contribution in [-0.2, 0) is 6.42 Å². The van der Waals surface area contributed by atoms with Gasteiger partial charge in [0, 0.05) is 24.0 Å². The van der Waals surface area contributed by atoms with Gasteiger partial charge in [0.05, 0.1) is 5.01 Å². The minimum atomic E-state index is -0.331. The van der Waals surface area contributed by atoms with Crippen LogP contribution in [0, 0.1) is 6.92 Å². The molecule has 0 bridgehead atoms. The monoisotopic (exact) mass is 238 g/mol. The molecule has 16 heavy (non-hydrogen) atoms. The van der Waals surface area contributed by atoms with Crippen LogP contribution < -0.4 is 5.32 Å². The Bertz CT molecular complexity index is 465. The first kappa shape index (κ1) is 10.7. The number of carbonyl (C=O) groups excluding carboxylic acids is 1. The van der Waals surface area contributed by atoms with Crippen LogP contribution in [0.5, 0.6) is 0 Å². The summed E-state index contributed by atoms with van der Waals surface area (Å²) < 4.78 is 0. The third-order valence-electron chi connectivity index (χ3n) is 1.84. The highest BCUT2D eigenvalue weighted by Crippen LogP contribution is 2.08. The fourth-order valence-corrected chi connectivity index (χ4v) is 1.91. The van der Waals surface area contributed by atoms with Crippen LogP contribution in [0.25, 0.3) is 0 Å². The van der Waals surface area contributed by atoms with Crippen LogP contribution in [0.4, 0.5) is 0 Å². The van der Waals surface area contributed by atoms with Gasteiger partial charge in [-0.2, -0.15) is 5.21 Å². The maximum absolute atomic E-state index is 11.4. The molecule has 2 aromatic heterocycles. The number of amides is 1. The van der Waals surface area contributed by atoms with Crippen molar-refractivity contribution in [3.05, 3.63) is 21.9 Å². The lowest BCUT2D eigenvalue weighted by Crippen LogP contribution is -2.26. The molecule has 2 rings (SSSR count). The van der Waals surface area contributed by atoms with Crippen molar-refractivity contribution in [1.29, 1.82) is 0 Å². The summed E-state index contributed by atoms with van der Waals surface area (Å²) in [6, 6.07) is 0. The Labute approximate surface area is 95.3 Å². The zero-order valence-corrected chi connectivity index (χ0v) is 9.41. The molecule has 0 saturated heterocycles. The molecule has 8 heteroatoms. The van der Waals surface area contributed by atoms with E-state index in [4.69, 9.17) is 0 Å². The Kier molecular flexibility index (Phi) is 3.20. The molecule has 2 N–H and O–H groups in total. The van der Waals surface area contributed by atoms with Crippen molar-refractivity contribution in [3.8, 4) is 0 Å². The van der Waals surface area contributed by atoms with E-state index < -0.39 is 0 Å². The summed E-state index contributed by atoms with van der Waals surface area (Å²) in [5.74, 6) is -0.280. The summed E-state index contributed by atoms with van der Waals surface area (Å²) >= 11 is 1.59. The number of thiazole rings is 1. The van der Waals surface area contributed by atoms with Gasteiger partial charge >= 0.3 is 0 Å². The van der Waals surface area contributed by atoms with Crippen molar-refractivity contribution in [2.24, 2.45) is 0 Å². The quantitative estimate of drug-likeness (QED) is 0.777. The van der Waals surface area contributed by atoms with Gasteiger partial charge in [-0.3, -0.25) is 4.79 Å². The van der Waals surface area contributed by atoms with Gasteiger partial charge in [-0.05, 0) is 12.1 Å². The minimum absolute atomic E-state index is 0.0512. The molecule has 0 saturated carbocycles. The van der Waals surface area contributed by atoms with Crippen LogP contribution in [0.2, 0.25) is 0 Å². The average molecular weight is 238 g/mol. The van der Waals surface area contributed by atoms with E-state index >= 15 is 0 Å². The van der Waals surface area contributed by atoms with Crippen molar-refractivity contribution in [3.63, 3.8) is 0 Å². The number of nitrogens with one attached hydrogen (secondary N) is 2. The smallest absolute Gasteiger partial charge is 0.292 e. The fourth-order valence-electron chi connectivity index (χ4n) is 1.14. The lowest BCUT2D eigenvalue weighted by molar-refractivity contribution is 0.0944. The first-order chi connectivity index (χ1) is 7.75. The predicted molar refractivity (Wildman–Crippen MR) is 57.1 cm³/mol. The summed E-state index contributed by atoms with van der Waals surface area (Å²) in [4.78, 5) is 15.7. The summed E-state index contributed by atoms with van der Waals surface area (Å²) in [5, 5.41) is 18.3. The summed E-state index contributed by atoms with van der Waals surface area (Å²) in [6.45, 7) is 2.46. The van der Waals surface area contributed by atoms with E-state index in [1.807, 2.05) is 12.3 Å². The molecular weight excluding hydrogens is 228 g/mol. The average Bonchev–Trinajstić information content (AvgIpc) is 2.89. The van der Waals surface area contributed by atoms with Gasteiger partial charge in [-0.1, -0.05) is 0 Å². The normalized spacial score (nSPS) is 10.3. The highest BCUT2D eigenvalue weighted by Gasteiger charge is 2.09. The zero-order valence-electron chi connectivity index (χ0n) is 8.60. The number of aromatic amines is 1. The van der Waals surface area contributed by atoms with Crippen LogP contribution in [-0.4, -0.2) is 38.1 Å². The standard InChI is InChI=1S/C8H10N6OS/c1-5-4-16-6(10-5)2-3-9-8(15)7-11-13-14-12-7/h4H,2-3H2,1H3,(H,9,15)(H,11,12,13,14). The second-order valence-electron chi connectivity index (χ2n) is 3.12. The second kappa shape index (κ2) is 4.79. The molecule has 0 atom stereocenters. The van der Waals surface area contributed by atoms with E-state index in [1.54, 1.807) is 11.3 Å². The lowest BCUT2D eigenvalue weighted by Gasteiger charge is -1.99. The van der Waals surface area contributed by atoms with Gasteiger partial charge in [0.25, 0.3) is 11.7 Å². The molecule has 1 amide bonds. The maximum Gasteiger partial charge on any atom is 0.292 e. The molecule has 0 aliphatic rings. The Morgan fingerprint density at radius 2 is 2.50 bits per heavy atom. The van der Waals surface area contributed by atoms with E-state index in [-0.39, 0.29) is 11.7 Å². The third kappa shape index (κ3) is 2.60. The first-order valence-corrected chi connectivity index (χ1v) is 5.56. The summed E-state index contributed by atoms with van der Waals surface area (Å²) in [6.07, 6.45) is 0.710. The van der Waals surface area contributed by atoms with Crippen molar-refractivity contribution in [2.75, 3.05) is 6.54 Å². The summed E-state index contributed by atoms with van der Waals surface area (Å²) in [5.41, 5.74) is 1.00. The van der Waals surface area contributed by atoms with Crippen LogP contribution in [0.1, 0.15) is 21.3 Å². The Hall–Kier alpha value is -1.83. The Morgan fingerprint density at radius 3 is 3.12 bits per heavy atom. The predicted octanol–water partition coefficient (Wildman–Crippen LogP) is -0.0629. The van der Waals surface area contributed by atoms with Gasteiger partial charge in [0.15, 0.2) is 0 Å². The number of rotatable bonds is 4. The lowest BCUT2D eigenvalue weighted by atomic mass is 10.4. The number of H-pyrrole nitrogens is 1. The molecule has 2 aromatic rings. The Balaban J connectivity index is 1.78. The van der Waals surface area contributed by atoms with Crippen molar-refractivity contribution in [1.82, 2.24) is 30.9 Å². The molecule has 0 aliphatic carbocycles. The highest BCUT2D eigenvalue weighted by molar-refractivity contribution is 7.09.